The first-order chi connectivity index (χ1) is 13.8. The topological polar surface area (TPSA) is 23.5 Å². The molecule has 5 fully saturated rings. The minimum atomic E-state index is -0.0792. The number of fused-ring (bicyclic) bond motifs is 9. The molecule has 6 aliphatic rings. The molecule has 162 valence electrons. The van der Waals surface area contributed by atoms with Gasteiger partial charge < -0.3 is 5.11 Å². The molecule has 2 saturated heterocycles. The predicted octanol–water partition coefficient (Wildman–Crippen LogP) is 5.66. The van der Waals surface area contributed by atoms with Gasteiger partial charge in [0.2, 0.25) is 0 Å². The highest BCUT2D eigenvalue weighted by Gasteiger charge is 2.66. The molecule has 0 radical (unpaired) electrons. The summed E-state index contributed by atoms with van der Waals surface area (Å²) in [6, 6.07) is 1.75. The lowest BCUT2D eigenvalue weighted by Crippen LogP contribution is -2.51. The zero-order valence-corrected chi connectivity index (χ0v) is 19.2. The Morgan fingerprint density at radius 1 is 1.00 bits per heavy atom. The number of piperidine rings is 1. The van der Waals surface area contributed by atoms with E-state index >= 15 is 0 Å². The standard InChI is InChI=1S/C27H43NO/c1-16-5-8-23-17(2)25-24(28(23)15-16)14-22-20-7-6-18-13-19(29)9-11-26(18,3)21(20)10-12-27(22,25)4/h6,16-17,19-25,29H,5,7-15H2,1-4H3/t16-,17+,19+,20-,21+,22+,23-,24+,25+,26+,27+/m1/s1. The van der Waals surface area contributed by atoms with Gasteiger partial charge in [0.15, 0.2) is 0 Å². The third kappa shape index (κ3) is 2.48. The van der Waals surface area contributed by atoms with Gasteiger partial charge in [-0.3, -0.25) is 4.90 Å². The Balaban J connectivity index is 1.33. The van der Waals surface area contributed by atoms with Crippen LogP contribution < -0.4 is 0 Å². The summed E-state index contributed by atoms with van der Waals surface area (Å²) in [5, 5.41) is 10.3. The smallest absolute Gasteiger partial charge is 0.0577 e. The molecule has 0 amide bonds. The molecule has 2 nitrogen and oxygen atoms in total. The number of hydrogen-bond acceptors (Lipinski definition) is 2. The third-order valence-electron chi connectivity index (χ3n) is 11.7. The van der Waals surface area contributed by atoms with E-state index in [1.807, 2.05) is 0 Å². The summed E-state index contributed by atoms with van der Waals surface area (Å²) in [5.74, 6) is 5.44. The first-order valence-electron chi connectivity index (χ1n) is 13.0. The fourth-order valence-electron chi connectivity index (χ4n) is 10.4. The minimum absolute atomic E-state index is 0.0792. The number of nitrogens with zero attached hydrogens (tertiary/aromatic N) is 1. The zero-order valence-electron chi connectivity index (χ0n) is 19.2. The van der Waals surface area contributed by atoms with Crippen molar-refractivity contribution in [3.63, 3.8) is 0 Å². The van der Waals surface area contributed by atoms with Crippen LogP contribution in [0.2, 0.25) is 0 Å². The Hall–Kier alpha value is -0.340. The highest BCUT2D eigenvalue weighted by atomic mass is 16.3. The van der Waals surface area contributed by atoms with Gasteiger partial charge in [0.1, 0.15) is 0 Å². The number of allylic oxidation sites excluding steroid dienone is 1. The summed E-state index contributed by atoms with van der Waals surface area (Å²) in [6.07, 6.45) is 14.3. The van der Waals surface area contributed by atoms with Gasteiger partial charge in [0.05, 0.1) is 6.10 Å². The molecule has 0 aromatic carbocycles. The van der Waals surface area contributed by atoms with Crippen molar-refractivity contribution in [3.05, 3.63) is 11.6 Å². The second-order valence-corrected chi connectivity index (χ2v) is 12.8. The lowest BCUT2D eigenvalue weighted by molar-refractivity contribution is -0.0574. The lowest BCUT2D eigenvalue weighted by atomic mass is 9.47. The summed E-state index contributed by atoms with van der Waals surface area (Å²) in [4.78, 5) is 3.02. The summed E-state index contributed by atoms with van der Waals surface area (Å²) < 4.78 is 0. The van der Waals surface area contributed by atoms with Crippen LogP contribution in [-0.4, -0.2) is 34.7 Å². The van der Waals surface area contributed by atoms with E-state index in [4.69, 9.17) is 0 Å². The van der Waals surface area contributed by atoms with Crippen LogP contribution >= 0.6 is 0 Å². The van der Waals surface area contributed by atoms with Gasteiger partial charge >= 0.3 is 0 Å². The van der Waals surface area contributed by atoms with Gasteiger partial charge in [-0.15, -0.1) is 0 Å². The molecule has 0 unspecified atom stereocenters. The van der Waals surface area contributed by atoms with Gasteiger partial charge in [-0.05, 0) is 104 Å². The maximum Gasteiger partial charge on any atom is 0.0577 e. The summed E-state index contributed by atoms with van der Waals surface area (Å²) in [6.45, 7) is 11.8. The van der Waals surface area contributed by atoms with E-state index in [1.165, 1.54) is 51.5 Å². The first kappa shape index (κ1) is 19.4. The maximum atomic E-state index is 10.3. The van der Waals surface area contributed by atoms with Crippen LogP contribution in [-0.2, 0) is 0 Å². The summed E-state index contributed by atoms with van der Waals surface area (Å²) in [5.41, 5.74) is 2.58. The van der Waals surface area contributed by atoms with Crippen LogP contribution in [0.15, 0.2) is 11.6 Å². The van der Waals surface area contributed by atoms with E-state index in [0.29, 0.717) is 10.8 Å². The number of hydrogen-bond donors (Lipinski definition) is 1. The highest BCUT2D eigenvalue weighted by Crippen LogP contribution is 2.69. The molecule has 6 rings (SSSR count). The fraction of sp³-hybridized carbons (Fsp3) is 0.926. The van der Waals surface area contributed by atoms with E-state index < -0.39 is 0 Å². The van der Waals surface area contributed by atoms with Crippen LogP contribution in [0.4, 0.5) is 0 Å². The number of aliphatic hydroxyl groups is 1. The first-order valence-corrected chi connectivity index (χ1v) is 13.0. The Bertz CT molecular complexity index is 715. The summed E-state index contributed by atoms with van der Waals surface area (Å²) >= 11 is 0. The second-order valence-electron chi connectivity index (χ2n) is 12.8. The number of rotatable bonds is 0. The minimum Gasteiger partial charge on any atom is -0.393 e. The molecular formula is C27H43NO. The van der Waals surface area contributed by atoms with Crippen LogP contribution in [0.1, 0.15) is 85.5 Å². The molecule has 2 aliphatic heterocycles. The van der Waals surface area contributed by atoms with Gasteiger partial charge in [0.25, 0.3) is 0 Å². The van der Waals surface area contributed by atoms with E-state index in [1.54, 1.807) is 5.57 Å². The van der Waals surface area contributed by atoms with Crippen LogP contribution in [0.3, 0.4) is 0 Å². The van der Waals surface area contributed by atoms with Crippen molar-refractivity contribution in [1.82, 2.24) is 4.90 Å². The molecule has 3 saturated carbocycles. The highest BCUT2D eigenvalue weighted by molar-refractivity contribution is 5.26. The molecule has 11 atom stereocenters. The molecule has 29 heavy (non-hydrogen) atoms. The van der Waals surface area contributed by atoms with Gasteiger partial charge in [-0.2, -0.15) is 0 Å². The molecular weight excluding hydrogens is 354 g/mol. The van der Waals surface area contributed by atoms with E-state index in [9.17, 15) is 5.11 Å². The Kier molecular flexibility index (Phi) is 4.23. The molecule has 0 aromatic rings. The SMILES string of the molecule is C[C@@H]1CC[C@@H]2[C@H](C)[C@H]3[C@H](C[C@H]4[C@@H]5CC=C6C[C@@H](O)CC[C@]6(C)[C@H]5CC[C@]34C)N2C1. The maximum absolute atomic E-state index is 10.3. The normalized spacial score (nSPS) is 59.2. The molecule has 2 heterocycles. The van der Waals surface area contributed by atoms with Gasteiger partial charge in [0, 0.05) is 18.6 Å². The number of aliphatic hydroxyl groups excluding tert-OH is 1. The van der Waals surface area contributed by atoms with Gasteiger partial charge in [-0.25, -0.2) is 0 Å². The molecule has 2 heteroatoms. The fourth-order valence-corrected chi connectivity index (χ4v) is 10.4. The largest absolute Gasteiger partial charge is 0.393 e. The van der Waals surface area contributed by atoms with Crippen molar-refractivity contribution in [2.24, 2.45) is 46.3 Å². The molecule has 0 bridgehead atoms. The van der Waals surface area contributed by atoms with Crippen molar-refractivity contribution < 1.29 is 5.11 Å². The van der Waals surface area contributed by atoms with Crippen molar-refractivity contribution in [2.75, 3.05) is 6.54 Å². The average molecular weight is 398 g/mol. The molecule has 1 N–H and O–H groups in total. The monoisotopic (exact) mass is 397 g/mol. The van der Waals surface area contributed by atoms with Crippen LogP contribution in [0, 0.1) is 46.3 Å². The quantitative estimate of drug-likeness (QED) is 0.534. The Morgan fingerprint density at radius 2 is 1.83 bits per heavy atom. The van der Waals surface area contributed by atoms with E-state index in [0.717, 1.165) is 60.4 Å². The van der Waals surface area contributed by atoms with Crippen molar-refractivity contribution in [3.8, 4) is 0 Å². The molecule has 0 spiro atoms. The van der Waals surface area contributed by atoms with E-state index in [-0.39, 0.29) is 6.10 Å². The van der Waals surface area contributed by atoms with Gasteiger partial charge in [-0.1, -0.05) is 39.3 Å². The molecule has 4 aliphatic carbocycles. The van der Waals surface area contributed by atoms with Crippen molar-refractivity contribution in [2.45, 2.75) is 104 Å². The lowest BCUT2D eigenvalue weighted by Gasteiger charge is -2.58. The van der Waals surface area contributed by atoms with E-state index in [2.05, 4.69) is 38.7 Å². The van der Waals surface area contributed by atoms with Crippen LogP contribution in [0.5, 0.6) is 0 Å². The predicted molar refractivity (Wildman–Crippen MR) is 118 cm³/mol. The Morgan fingerprint density at radius 3 is 2.66 bits per heavy atom. The van der Waals surface area contributed by atoms with Crippen molar-refractivity contribution >= 4 is 0 Å². The van der Waals surface area contributed by atoms with Crippen molar-refractivity contribution in [1.29, 1.82) is 0 Å². The average Bonchev–Trinajstić information content (AvgIpc) is 3.15. The second kappa shape index (κ2) is 6.35. The zero-order chi connectivity index (χ0) is 20.1. The van der Waals surface area contributed by atoms with Crippen LogP contribution in [0.25, 0.3) is 0 Å². The third-order valence-corrected chi connectivity index (χ3v) is 11.7. The summed E-state index contributed by atoms with van der Waals surface area (Å²) in [7, 11) is 0. The Labute approximate surface area is 178 Å². The molecule has 0 aromatic heterocycles.